The quantitative estimate of drug-likeness (QED) is 0.523. The van der Waals surface area contributed by atoms with Crippen molar-refractivity contribution in [1.82, 2.24) is 20.6 Å². The maximum absolute atomic E-state index is 11.9. The van der Waals surface area contributed by atoms with Gasteiger partial charge in [0.15, 0.2) is 0 Å². The molecule has 3 aromatic rings. The van der Waals surface area contributed by atoms with Gasteiger partial charge in [0.1, 0.15) is 5.82 Å². The summed E-state index contributed by atoms with van der Waals surface area (Å²) in [5, 5.41) is 9.99. The summed E-state index contributed by atoms with van der Waals surface area (Å²) >= 11 is 0. The van der Waals surface area contributed by atoms with Crippen LogP contribution < -0.4 is 21.7 Å². The van der Waals surface area contributed by atoms with Gasteiger partial charge in [0.05, 0.1) is 6.54 Å². The van der Waals surface area contributed by atoms with Crippen molar-refractivity contribution in [2.75, 3.05) is 18.4 Å². The molecule has 28 heavy (non-hydrogen) atoms. The number of benzene rings is 1. The number of carbonyl (C=O) groups is 2. The fourth-order valence-electron chi connectivity index (χ4n) is 2.89. The molecule has 1 aromatic carbocycles. The van der Waals surface area contributed by atoms with Crippen molar-refractivity contribution >= 4 is 28.5 Å². The standard InChI is InChI=1S/C20H22N6O2/c1-2-23-20(28)26-18-9-16-15(13-5-7-22-8-6-13)4-3-14(17(16)12-24-18)11-25-19(27)10-21/h3-9,12H,2,10-11,21H2,1H3,(H,25,27)(H2,23,24,26,28). The molecule has 0 aliphatic rings. The third-order valence-corrected chi connectivity index (χ3v) is 4.22. The molecule has 2 aromatic heterocycles. The van der Waals surface area contributed by atoms with E-state index in [9.17, 15) is 9.59 Å². The highest BCUT2D eigenvalue weighted by Gasteiger charge is 2.11. The summed E-state index contributed by atoms with van der Waals surface area (Å²) < 4.78 is 0. The number of hydrogen-bond donors (Lipinski definition) is 4. The van der Waals surface area contributed by atoms with E-state index in [0.717, 1.165) is 27.5 Å². The molecule has 0 unspecified atom stereocenters. The van der Waals surface area contributed by atoms with Gasteiger partial charge in [-0.3, -0.25) is 15.1 Å². The van der Waals surface area contributed by atoms with E-state index in [1.807, 2.05) is 37.3 Å². The minimum Gasteiger partial charge on any atom is -0.351 e. The third-order valence-electron chi connectivity index (χ3n) is 4.22. The van der Waals surface area contributed by atoms with Gasteiger partial charge in [-0.15, -0.1) is 0 Å². The first-order valence-electron chi connectivity index (χ1n) is 8.96. The Kier molecular flexibility index (Phi) is 6.13. The zero-order valence-corrected chi connectivity index (χ0v) is 15.5. The number of fused-ring (bicyclic) bond motifs is 1. The number of aromatic nitrogens is 2. The number of nitrogens with one attached hydrogen (secondary N) is 3. The SMILES string of the molecule is CCNC(=O)Nc1cc2c(-c3ccncc3)ccc(CNC(=O)CN)c2cn1. The summed E-state index contributed by atoms with van der Waals surface area (Å²) in [5.41, 5.74) is 8.24. The highest BCUT2D eigenvalue weighted by molar-refractivity contribution is 6.00. The van der Waals surface area contributed by atoms with Crippen LogP contribution in [0.3, 0.4) is 0 Å². The Balaban J connectivity index is 2.06. The summed E-state index contributed by atoms with van der Waals surface area (Å²) in [6, 6.07) is 9.29. The Morgan fingerprint density at radius 3 is 2.57 bits per heavy atom. The molecule has 0 spiro atoms. The van der Waals surface area contributed by atoms with Gasteiger partial charge < -0.3 is 16.4 Å². The van der Waals surface area contributed by atoms with Crippen LogP contribution in [-0.2, 0) is 11.3 Å². The van der Waals surface area contributed by atoms with Crippen LogP contribution >= 0.6 is 0 Å². The van der Waals surface area contributed by atoms with E-state index in [-0.39, 0.29) is 18.5 Å². The monoisotopic (exact) mass is 378 g/mol. The number of carbonyl (C=O) groups excluding carboxylic acids is 2. The van der Waals surface area contributed by atoms with Crippen LogP contribution in [-0.4, -0.2) is 35.0 Å². The van der Waals surface area contributed by atoms with Crippen molar-refractivity contribution in [3.8, 4) is 11.1 Å². The minimum absolute atomic E-state index is 0.0636. The zero-order valence-electron chi connectivity index (χ0n) is 15.5. The van der Waals surface area contributed by atoms with Crippen LogP contribution in [0.25, 0.3) is 21.9 Å². The molecule has 0 fully saturated rings. The molecule has 0 aliphatic carbocycles. The first kappa shape index (κ1) is 19.2. The number of nitrogens with two attached hydrogens (primary N) is 1. The molecule has 8 nitrogen and oxygen atoms in total. The largest absolute Gasteiger partial charge is 0.351 e. The summed E-state index contributed by atoms with van der Waals surface area (Å²) in [5.74, 6) is 0.214. The molecule has 0 saturated carbocycles. The van der Waals surface area contributed by atoms with Gasteiger partial charge in [-0.05, 0) is 47.2 Å². The molecule has 0 bridgehead atoms. The normalized spacial score (nSPS) is 10.5. The average molecular weight is 378 g/mol. The number of rotatable bonds is 6. The molecule has 3 rings (SSSR count). The molecule has 0 atom stereocenters. The van der Waals surface area contributed by atoms with Crippen molar-refractivity contribution in [3.05, 3.63) is 54.5 Å². The predicted molar refractivity (Wildman–Crippen MR) is 109 cm³/mol. The molecule has 8 heteroatoms. The van der Waals surface area contributed by atoms with Crippen LogP contribution in [0, 0.1) is 0 Å². The van der Waals surface area contributed by atoms with Crippen LogP contribution in [0.15, 0.2) is 48.9 Å². The number of hydrogen-bond acceptors (Lipinski definition) is 5. The van der Waals surface area contributed by atoms with E-state index in [0.29, 0.717) is 18.9 Å². The molecule has 0 radical (unpaired) electrons. The predicted octanol–water partition coefficient (Wildman–Crippen LogP) is 2.01. The number of nitrogens with zero attached hydrogens (tertiary/aromatic N) is 2. The summed E-state index contributed by atoms with van der Waals surface area (Å²) in [4.78, 5) is 31.8. The third kappa shape index (κ3) is 4.41. The van der Waals surface area contributed by atoms with E-state index >= 15 is 0 Å². The Bertz CT molecular complexity index is 991. The highest BCUT2D eigenvalue weighted by atomic mass is 16.2. The molecule has 3 amide bonds. The fourth-order valence-corrected chi connectivity index (χ4v) is 2.89. The summed E-state index contributed by atoms with van der Waals surface area (Å²) in [6.07, 6.45) is 5.16. The molecule has 0 saturated heterocycles. The van der Waals surface area contributed by atoms with Crippen molar-refractivity contribution in [2.45, 2.75) is 13.5 Å². The number of anilines is 1. The van der Waals surface area contributed by atoms with Gasteiger partial charge in [0.2, 0.25) is 5.91 Å². The average Bonchev–Trinajstić information content (AvgIpc) is 2.72. The van der Waals surface area contributed by atoms with Crippen LogP contribution in [0.2, 0.25) is 0 Å². The Hall–Kier alpha value is -3.52. The van der Waals surface area contributed by atoms with Crippen LogP contribution in [0.5, 0.6) is 0 Å². The van der Waals surface area contributed by atoms with Gasteiger partial charge in [-0.25, -0.2) is 9.78 Å². The summed E-state index contributed by atoms with van der Waals surface area (Å²) in [6.45, 7) is 2.64. The maximum atomic E-state index is 11.9. The maximum Gasteiger partial charge on any atom is 0.320 e. The van der Waals surface area contributed by atoms with E-state index in [2.05, 4.69) is 25.9 Å². The second-order valence-corrected chi connectivity index (χ2v) is 6.09. The van der Waals surface area contributed by atoms with Crippen molar-refractivity contribution in [1.29, 1.82) is 0 Å². The first-order valence-corrected chi connectivity index (χ1v) is 8.96. The first-order chi connectivity index (χ1) is 13.6. The zero-order chi connectivity index (χ0) is 19.9. The van der Waals surface area contributed by atoms with Gasteiger partial charge in [0.25, 0.3) is 0 Å². The van der Waals surface area contributed by atoms with Gasteiger partial charge in [0, 0.05) is 37.1 Å². The molecule has 5 N–H and O–H groups in total. The van der Waals surface area contributed by atoms with E-state index in [1.54, 1.807) is 18.6 Å². The topological polar surface area (TPSA) is 122 Å². The van der Waals surface area contributed by atoms with Crippen molar-refractivity contribution in [3.63, 3.8) is 0 Å². The lowest BCUT2D eigenvalue weighted by Crippen LogP contribution is -2.29. The number of urea groups is 1. The van der Waals surface area contributed by atoms with E-state index in [4.69, 9.17) is 5.73 Å². The highest BCUT2D eigenvalue weighted by Crippen LogP contribution is 2.31. The van der Waals surface area contributed by atoms with Crippen molar-refractivity contribution in [2.24, 2.45) is 5.73 Å². The Morgan fingerprint density at radius 2 is 1.86 bits per heavy atom. The lowest BCUT2D eigenvalue weighted by Gasteiger charge is -2.14. The molecular weight excluding hydrogens is 356 g/mol. The molecular formula is C20H22N6O2. The van der Waals surface area contributed by atoms with E-state index in [1.165, 1.54) is 0 Å². The molecule has 2 heterocycles. The molecule has 0 aliphatic heterocycles. The Morgan fingerprint density at radius 1 is 1.07 bits per heavy atom. The molecule has 144 valence electrons. The van der Waals surface area contributed by atoms with Gasteiger partial charge in [-0.2, -0.15) is 0 Å². The van der Waals surface area contributed by atoms with Crippen molar-refractivity contribution < 1.29 is 9.59 Å². The second kappa shape index (κ2) is 8.92. The lowest BCUT2D eigenvalue weighted by molar-refractivity contribution is -0.119. The lowest BCUT2D eigenvalue weighted by atomic mass is 9.96. The van der Waals surface area contributed by atoms with Crippen LogP contribution in [0.1, 0.15) is 12.5 Å². The van der Waals surface area contributed by atoms with Gasteiger partial charge >= 0.3 is 6.03 Å². The minimum atomic E-state index is -0.314. The van der Waals surface area contributed by atoms with Crippen LogP contribution in [0.4, 0.5) is 10.6 Å². The second-order valence-electron chi connectivity index (χ2n) is 6.09. The smallest absolute Gasteiger partial charge is 0.320 e. The number of pyridine rings is 2. The summed E-state index contributed by atoms with van der Waals surface area (Å²) in [7, 11) is 0. The Labute approximate surface area is 162 Å². The number of amides is 3. The fraction of sp³-hybridized carbons (Fsp3) is 0.200. The van der Waals surface area contributed by atoms with Gasteiger partial charge in [-0.1, -0.05) is 12.1 Å². The van der Waals surface area contributed by atoms with E-state index < -0.39 is 0 Å².